The van der Waals surface area contributed by atoms with Crippen molar-refractivity contribution in [1.29, 1.82) is 0 Å². The van der Waals surface area contributed by atoms with Crippen molar-refractivity contribution in [2.24, 2.45) is 11.8 Å². The lowest BCUT2D eigenvalue weighted by Gasteiger charge is -2.15. The molecule has 0 spiro atoms. The maximum atomic E-state index is 12.0. The smallest absolute Gasteiger partial charge is 0.310 e. The third-order valence-electron chi connectivity index (χ3n) is 3.74. The molecule has 1 saturated heterocycles. The van der Waals surface area contributed by atoms with Crippen LogP contribution in [0.4, 0.5) is 0 Å². The van der Waals surface area contributed by atoms with Crippen LogP contribution in [0.1, 0.15) is 12.5 Å². The van der Waals surface area contributed by atoms with E-state index in [2.05, 4.69) is 17.0 Å². The van der Waals surface area contributed by atoms with E-state index in [0.717, 1.165) is 19.6 Å². The second kappa shape index (κ2) is 7.41. The molecule has 4 nitrogen and oxygen atoms in total. The van der Waals surface area contributed by atoms with Gasteiger partial charge >= 0.3 is 5.97 Å². The summed E-state index contributed by atoms with van der Waals surface area (Å²) in [7, 11) is 1.68. The molecule has 2 atom stereocenters. The summed E-state index contributed by atoms with van der Waals surface area (Å²) in [5.41, 5.74) is 1.27. The van der Waals surface area contributed by atoms with Gasteiger partial charge in [0.25, 0.3) is 0 Å². The van der Waals surface area contributed by atoms with Gasteiger partial charge in [0.15, 0.2) is 0 Å². The highest BCUT2D eigenvalue weighted by Gasteiger charge is 2.38. The molecule has 0 aliphatic carbocycles. The van der Waals surface area contributed by atoms with E-state index in [1.807, 2.05) is 25.1 Å². The van der Waals surface area contributed by atoms with Gasteiger partial charge in [-0.15, -0.1) is 0 Å². The predicted octanol–water partition coefficient (Wildman–Crippen LogP) is 1.94. The molecule has 1 fully saturated rings. The summed E-state index contributed by atoms with van der Waals surface area (Å²) in [4.78, 5) is 14.3. The number of rotatable bonds is 6. The molecule has 1 aromatic rings. The van der Waals surface area contributed by atoms with Crippen LogP contribution in [0, 0.1) is 11.8 Å². The summed E-state index contributed by atoms with van der Waals surface area (Å²) >= 11 is 0. The second-order valence-electron chi connectivity index (χ2n) is 5.25. The molecule has 0 saturated carbocycles. The van der Waals surface area contributed by atoms with E-state index in [0.29, 0.717) is 13.2 Å². The van der Waals surface area contributed by atoms with Crippen LogP contribution in [-0.4, -0.2) is 44.3 Å². The van der Waals surface area contributed by atoms with Crippen molar-refractivity contribution < 1.29 is 14.3 Å². The average Bonchev–Trinajstić information content (AvgIpc) is 2.83. The van der Waals surface area contributed by atoms with Crippen LogP contribution in [0.15, 0.2) is 30.3 Å². The first-order chi connectivity index (χ1) is 9.74. The zero-order valence-corrected chi connectivity index (χ0v) is 12.2. The Balaban J connectivity index is 1.98. The summed E-state index contributed by atoms with van der Waals surface area (Å²) in [6.45, 7) is 5.40. The first-order valence-corrected chi connectivity index (χ1v) is 7.16. The van der Waals surface area contributed by atoms with Crippen LogP contribution in [0.25, 0.3) is 0 Å². The van der Waals surface area contributed by atoms with E-state index >= 15 is 0 Å². The van der Waals surface area contributed by atoms with Crippen LogP contribution >= 0.6 is 0 Å². The molecule has 110 valence electrons. The number of carbonyl (C=O) groups is 1. The Morgan fingerprint density at radius 1 is 1.30 bits per heavy atom. The van der Waals surface area contributed by atoms with Crippen molar-refractivity contribution in [3.05, 3.63) is 35.9 Å². The van der Waals surface area contributed by atoms with E-state index in [1.165, 1.54) is 5.56 Å². The van der Waals surface area contributed by atoms with E-state index in [1.54, 1.807) is 7.11 Å². The molecule has 0 radical (unpaired) electrons. The van der Waals surface area contributed by atoms with Crippen molar-refractivity contribution in [3.8, 4) is 0 Å². The van der Waals surface area contributed by atoms with Crippen molar-refractivity contribution in [2.45, 2.75) is 13.5 Å². The van der Waals surface area contributed by atoms with E-state index in [9.17, 15) is 4.79 Å². The molecule has 2 rings (SSSR count). The summed E-state index contributed by atoms with van der Waals surface area (Å²) in [6.07, 6.45) is 0. The minimum atomic E-state index is -0.0925. The lowest BCUT2D eigenvalue weighted by Crippen LogP contribution is -2.27. The lowest BCUT2D eigenvalue weighted by atomic mass is 9.97. The van der Waals surface area contributed by atoms with Crippen molar-refractivity contribution in [1.82, 2.24) is 4.90 Å². The van der Waals surface area contributed by atoms with Gasteiger partial charge in [-0.1, -0.05) is 30.3 Å². The number of esters is 1. The van der Waals surface area contributed by atoms with Gasteiger partial charge in [0.1, 0.15) is 0 Å². The molecular formula is C16H23NO3. The van der Waals surface area contributed by atoms with Gasteiger partial charge in [-0.25, -0.2) is 0 Å². The molecular weight excluding hydrogens is 254 g/mol. The van der Waals surface area contributed by atoms with E-state index in [4.69, 9.17) is 9.47 Å². The standard InChI is InChI=1S/C16H23NO3/c1-3-20-16(18)15-11-17(10-14(15)12-19-2)9-13-7-5-4-6-8-13/h4-8,14-15H,3,9-12H2,1-2H3/t14-,15-/m1/s1. The Morgan fingerprint density at radius 3 is 2.70 bits per heavy atom. The normalized spacial score (nSPS) is 22.9. The van der Waals surface area contributed by atoms with Gasteiger partial charge in [-0.05, 0) is 12.5 Å². The fourth-order valence-electron chi connectivity index (χ4n) is 2.83. The van der Waals surface area contributed by atoms with Crippen LogP contribution in [0.5, 0.6) is 0 Å². The Bertz CT molecular complexity index is 421. The minimum Gasteiger partial charge on any atom is -0.466 e. The SMILES string of the molecule is CCOC(=O)[C@@H]1CN(Cc2ccccc2)C[C@@H]1COC. The Kier molecular flexibility index (Phi) is 5.56. The first kappa shape index (κ1) is 15.0. The predicted molar refractivity (Wildman–Crippen MR) is 77.2 cm³/mol. The Labute approximate surface area is 120 Å². The molecule has 1 heterocycles. The topological polar surface area (TPSA) is 38.8 Å². The minimum absolute atomic E-state index is 0.0707. The molecule has 0 N–H and O–H groups in total. The fraction of sp³-hybridized carbons (Fsp3) is 0.562. The second-order valence-corrected chi connectivity index (χ2v) is 5.25. The number of ether oxygens (including phenoxy) is 2. The summed E-state index contributed by atoms with van der Waals surface area (Å²) in [5, 5.41) is 0. The molecule has 0 aromatic heterocycles. The average molecular weight is 277 g/mol. The summed E-state index contributed by atoms with van der Waals surface area (Å²) in [6, 6.07) is 10.3. The largest absolute Gasteiger partial charge is 0.466 e. The molecule has 4 heteroatoms. The van der Waals surface area contributed by atoms with Crippen LogP contribution < -0.4 is 0 Å². The van der Waals surface area contributed by atoms with Crippen molar-refractivity contribution in [2.75, 3.05) is 33.4 Å². The summed E-state index contributed by atoms with van der Waals surface area (Å²) in [5.74, 6) is 0.0616. The number of hydrogen-bond donors (Lipinski definition) is 0. The quantitative estimate of drug-likeness (QED) is 0.745. The number of hydrogen-bond acceptors (Lipinski definition) is 4. The maximum absolute atomic E-state index is 12.0. The molecule has 1 aliphatic rings. The maximum Gasteiger partial charge on any atom is 0.310 e. The van der Waals surface area contributed by atoms with Crippen LogP contribution in [0.2, 0.25) is 0 Å². The molecule has 0 bridgehead atoms. The van der Waals surface area contributed by atoms with Gasteiger partial charge in [-0.3, -0.25) is 9.69 Å². The Hall–Kier alpha value is -1.39. The third-order valence-corrected chi connectivity index (χ3v) is 3.74. The van der Waals surface area contributed by atoms with Gasteiger partial charge in [0.05, 0.1) is 19.1 Å². The number of carbonyl (C=O) groups excluding carboxylic acids is 1. The van der Waals surface area contributed by atoms with Gasteiger partial charge < -0.3 is 9.47 Å². The number of benzene rings is 1. The van der Waals surface area contributed by atoms with Crippen LogP contribution in [-0.2, 0) is 20.8 Å². The molecule has 1 aliphatic heterocycles. The summed E-state index contributed by atoms with van der Waals surface area (Å²) < 4.78 is 10.4. The van der Waals surface area contributed by atoms with Crippen LogP contribution in [0.3, 0.4) is 0 Å². The van der Waals surface area contributed by atoms with Crippen molar-refractivity contribution in [3.63, 3.8) is 0 Å². The third kappa shape index (κ3) is 3.81. The van der Waals surface area contributed by atoms with E-state index in [-0.39, 0.29) is 17.8 Å². The van der Waals surface area contributed by atoms with E-state index < -0.39 is 0 Å². The molecule has 20 heavy (non-hydrogen) atoms. The molecule has 0 unspecified atom stereocenters. The number of likely N-dealkylation sites (tertiary alicyclic amines) is 1. The highest BCUT2D eigenvalue weighted by Crippen LogP contribution is 2.26. The zero-order chi connectivity index (χ0) is 14.4. The lowest BCUT2D eigenvalue weighted by molar-refractivity contribution is -0.149. The highest BCUT2D eigenvalue weighted by molar-refractivity contribution is 5.73. The van der Waals surface area contributed by atoms with Gasteiger partial charge in [-0.2, -0.15) is 0 Å². The first-order valence-electron chi connectivity index (χ1n) is 7.16. The molecule has 1 aromatic carbocycles. The van der Waals surface area contributed by atoms with Gasteiger partial charge in [0, 0.05) is 32.7 Å². The highest BCUT2D eigenvalue weighted by atomic mass is 16.5. The number of nitrogens with zero attached hydrogens (tertiary/aromatic N) is 1. The monoisotopic (exact) mass is 277 g/mol. The number of methoxy groups -OCH3 is 1. The fourth-order valence-corrected chi connectivity index (χ4v) is 2.83. The zero-order valence-electron chi connectivity index (χ0n) is 12.2. The Morgan fingerprint density at radius 2 is 2.05 bits per heavy atom. The molecule has 0 amide bonds. The van der Waals surface area contributed by atoms with Gasteiger partial charge in [0.2, 0.25) is 0 Å². The van der Waals surface area contributed by atoms with Crippen molar-refractivity contribution >= 4 is 5.97 Å².